The number of hydrogen-bond acceptors (Lipinski definition) is 3. The van der Waals surface area contributed by atoms with Crippen molar-refractivity contribution in [3.63, 3.8) is 0 Å². The second kappa shape index (κ2) is 3.90. The van der Waals surface area contributed by atoms with Crippen molar-refractivity contribution < 1.29 is 14.3 Å². The Kier molecular flexibility index (Phi) is 3.09. The van der Waals surface area contributed by atoms with E-state index in [-0.39, 0.29) is 18.0 Å². The molecular formula is C9H16O3. The first-order valence-corrected chi connectivity index (χ1v) is 4.50. The number of rotatable bonds is 4. The van der Waals surface area contributed by atoms with Crippen molar-refractivity contribution in [2.75, 3.05) is 13.2 Å². The molecule has 0 N–H and O–H groups in total. The van der Waals surface area contributed by atoms with Gasteiger partial charge in [-0.25, -0.2) is 0 Å². The lowest BCUT2D eigenvalue weighted by Crippen LogP contribution is -2.10. The molecule has 0 amide bonds. The van der Waals surface area contributed by atoms with Crippen LogP contribution < -0.4 is 0 Å². The first kappa shape index (κ1) is 9.52. The Morgan fingerprint density at radius 3 is 2.50 bits per heavy atom. The summed E-state index contributed by atoms with van der Waals surface area (Å²) in [6.45, 7) is 6.90. The van der Waals surface area contributed by atoms with Gasteiger partial charge in [0.05, 0.1) is 18.6 Å². The highest BCUT2D eigenvalue weighted by Gasteiger charge is 2.53. The highest BCUT2D eigenvalue weighted by Crippen LogP contribution is 2.42. The highest BCUT2D eigenvalue weighted by molar-refractivity contribution is 5.77. The summed E-state index contributed by atoms with van der Waals surface area (Å²) < 4.78 is 10.2. The lowest BCUT2D eigenvalue weighted by atomic mass is 10.3. The smallest absolute Gasteiger partial charge is 0.311 e. The third-order valence-corrected chi connectivity index (χ3v) is 2.22. The molecule has 0 aromatic heterocycles. The molecule has 0 aromatic carbocycles. The lowest BCUT2D eigenvalue weighted by molar-refractivity contribution is -0.145. The van der Waals surface area contributed by atoms with Crippen molar-refractivity contribution in [2.45, 2.75) is 26.9 Å². The van der Waals surface area contributed by atoms with Crippen molar-refractivity contribution in [3.05, 3.63) is 0 Å². The average Bonchev–Trinajstić information content (AvgIpc) is 2.63. The van der Waals surface area contributed by atoms with E-state index in [0.29, 0.717) is 19.1 Å². The van der Waals surface area contributed by atoms with Gasteiger partial charge in [0.15, 0.2) is 0 Å². The number of hydrogen-bond donors (Lipinski definition) is 0. The van der Waals surface area contributed by atoms with E-state index in [1.165, 1.54) is 0 Å². The van der Waals surface area contributed by atoms with Gasteiger partial charge in [-0.15, -0.1) is 0 Å². The van der Waals surface area contributed by atoms with E-state index in [0.717, 1.165) is 0 Å². The molecule has 0 aromatic rings. The molecular weight excluding hydrogens is 156 g/mol. The summed E-state index contributed by atoms with van der Waals surface area (Å²) in [5, 5.41) is 0. The van der Waals surface area contributed by atoms with E-state index in [9.17, 15) is 4.79 Å². The van der Waals surface area contributed by atoms with Gasteiger partial charge in [0.25, 0.3) is 0 Å². The predicted octanol–water partition coefficient (Wildman–Crippen LogP) is 1.22. The summed E-state index contributed by atoms with van der Waals surface area (Å²) in [5.41, 5.74) is 0. The van der Waals surface area contributed by atoms with Crippen LogP contribution in [0.1, 0.15) is 20.8 Å². The largest absolute Gasteiger partial charge is 0.466 e. The van der Waals surface area contributed by atoms with E-state index < -0.39 is 0 Å². The Balaban J connectivity index is 2.31. The molecule has 0 radical (unpaired) electrons. The topological polar surface area (TPSA) is 35.5 Å². The fraction of sp³-hybridized carbons (Fsp3) is 0.889. The molecule has 1 aliphatic carbocycles. The van der Waals surface area contributed by atoms with Gasteiger partial charge in [-0.2, -0.15) is 0 Å². The molecule has 0 saturated heterocycles. The van der Waals surface area contributed by atoms with Crippen LogP contribution >= 0.6 is 0 Å². The van der Waals surface area contributed by atoms with Crippen molar-refractivity contribution >= 4 is 5.97 Å². The van der Waals surface area contributed by atoms with E-state index in [2.05, 4.69) is 0 Å². The molecule has 0 bridgehead atoms. The minimum absolute atomic E-state index is 0.00935. The Labute approximate surface area is 73.0 Å². The zero-order chi connectivity index (χ0) is 9.14. The highest BCUT2D eigenvalue weighted by atomic mass is 16.5. The second-order valence-corrected chi connectivity index (χ2v) is 3.06. The SMILES string of the molecule is CCOC(=O)[C@@H]1[C@@H](C)[C@@H]1OCC. The molecule has 3 atom stereocenters. The van der Waals surface area contributed by atoms with Crippen molar-refractivity contribution in [3.8, 4) is 0 Å². The molecule has 3 nitrogen and oxygen atoms in total. The van der Waals surface area contributed by atoms with Crippen LogP contribution in [0.2, 0.25) is 0 Å². The zero-order valence-corrected chi connectivity index (χ0v) is 7.87. The van der Waals surface area contributed by atoms with Gasteiger partial charge in [-0.1, -0.05) is 6.92 Å². The summed E-state index contributed by atoms with van der Waals surface area (Å²) in [4.78, 5) is 11.2. The van der Waals surface area contributed by atoms with Crippen molar-refractivity contribution in [2.24, 2.45) is 11.8 Å². The average molecular weight is 172 g/mol. The summed E-state index contributed by atoms with van der Waals surface area (Å²) in [7, 11) is 0. The number of esters is 1. The van der Waals surface area contributed by atoms with Gasteiger partial charge in [0, 0.05) is 6.61 Å². The summed E-state index contributed by atoms with van der Waals surface area (Å²) >= 11 is 0. The van der Waals surface area contributed by atoms with Crippen molar-refractivity contribution in [1.82, 2.24) is 0 Å². The Morgan fingerprint density at radius 2 is 2.00 bits per heavy atom. The van der Waals surface area contributed by atoms with Crippen LogP contribution in [0.4, 0.5) is 0 Å². The molecule has 1 saturated carbocycles. The predicted molar refractivity (Wildman–Crippen MR) is 44.7 cm³/mol. The minimum Gasteiger partial charge on any atom is -0.466 e. The van der Waals surface area contributed by atoms with Gasteiger partial charge >= 0.3 is 5.97 Å². The quantitative estimate of drug-likeness (QED) is 0.598. The second-order valence-electron chi connectivity index (χ2n) is 3.06. The molecule has 3 heteroatoms. The van der Waals surface area contributed by atoms with Crippen LogP contribution in [0.25, 0.3) is 0 Å². The fourth-order valence-electron chi connectivity index (χ4n) is 1.46. The Hall–Kier alpha value is -0.570. The van der Waals surface area contributed by atoms with Crippen LogP contribution in [0, 0.1) is 11.8 Å². The molecule has 0 spiro atoms. The molecule has 1 aliphatic rings. The minimum atomic E-state index is -0.108. The number of carbonyl (C=O) groups is 1. The van der Waals surface area contributed by atoms with Crippen LogP contribution in [-0.4, -0.2) is 25.3 Å². The first-order valence-electron chi connectivity index (χ1n) is 4.50. The molecule has 0 aliphatic heterocycles. The van der Waals surface area contributed by atoms with Gasteiger partial charge in [0.1, 0.15) is 0 Å². The first-order chi connectivity index (χ1) is 5.72. The van der Waals surface area contributed by atoms with Gasteiger partial charge in [-0.05, 0) is 19.8 Å². The summed E-state index contributed by atoms with van der Waals surface area (Å²) in [5.74, 6) is 0.220. The molecule has 70 valence electrons. The fourth-order valence-corrected chi connectivity index (χ4v) is 1.46. The van der Waals surface area contributed by atoms with Crippen LogP contribution in [0.3, 0.4) is 0 Å². The third-order valence-electron chi connectivity index (χ3n) is 2.22. The number of carbonyl (C=O) groups excluding carboxylic acids is 1. The molecule has 0 unspecified atom stereocenters. The Bertz CT molecular complexity index is 167. The summed E-state index contributed by atoms with van der Waals surface area (Å²) in [6.07, 6.45) is 0.106. The van der Waals surface area contributed by atoms with Crippen LogP contribution in [0.15, 0.2) is 0 Å². The molecule has 12 heavy (non-hydrogen) atoms. The van der Waals surface area contributed by atoms with Crippen LogP contribution in [-0.2, 0) is 14.3 Å². The van der Waals surface area contributed by atoms with Crippen LogP contribution in [0.5, 0.6) is 0 Å². The maximum Gasteiger partial charge on any atom is 0.311 e. The molecule has 0 heterocycles. The van der Waals surface area contributed by atoms with Gasteiger partial charge in [0.2, 0.25) is 0 Å². The van der Waals surface area contributed by atoms with Gasteiger partial charge < -0.3 is 9.47 Å². The Morgan fingerprint density at radius 1 is 1.33 bits per heavy atom. The zero-order valence-electron chi connectivity index (χ0n) is 7.87. The molecule has 1 fully saturated rings. The molecule has 1 rings (SSSR count). The van der Waals surface area contributed by atoms with E-state index in [1.54, 1.807) is 0 Å². The number of ether oxygens (including phenoxy) is 2. The normalized spacial score (nSPS) is 33.1. The monoisotopic (exact) mass is 172 g/mol. The summed E-state index contributed by atoms with van der Waals surface area (Å²) in [6, 6.07) is 0. The van der Waals surface area contributed by atoms with Crippen molar-refractivity contribution in [1.29, 1.82) is 0 Å². The van der Waals surface area contributed by atoms with E-state index in [4.69, 9.17) is 9.47 Å². The maximum atomic E-state index is 11.2. The third kappa shape index (κ3) is 1.78. The van der Waals surface area contributed by atoms with E-state index in [1.807, 2.05) is 20.8 Å². The maximum absolute atomic E-state index is 11.2. The lowest BCUT2D eigenvalue weighted by Gasteiger charge is -1.99. The standard InChI is InChI=1S/C9H16O3/c1-4-11-8-6(3)7(8)9(10)12-5-2/h6-8H,4-5H2,1-3H3/t6-,7-,8+/m1/s1. The van der Waals surface area contributed by atoms with Gasteiger partial charge in [-0.3, -0.25) is 4.79 Å². The van der Waals surface area contributed by atoms with E-state index >= 15 is 0 Å².